The summed E-state index contributed by atoms with van der Waals surface area (Å²) in [5.41, 5.74) is 2.31. The molecule has 106 valence electrons. The van der Waals surface area contributed by atoms with Gasteiger partial charge in [-0.2, -0.15) is 5.10 Å². The first-order valence-electron chi connectivity index (χ1n) is 6.63. The van der Waals surface area contributed by atoms with E-state index in [9.17, 15) is 4.79 Å². The molecule has 0 saturated carbocycles. The van der Waals surface area contributed by atoms with Crippen LogP contribution in [0.25, 0.3) is 0 Å². The highest BCUT2D eigenvalue weighted by atomic mass is 16.5. The normalized spacial score (nSPS) is 10.3. The topological polar surface area (TPSA) is 56.2 Å². The maximum absolute atomic E-state index is 12.3. The second-order valence-corrected chi connectivity index (χ2v) is 4.57. The summed E-state index contributed by atoms with van der Waals surface area (Å²) < 4.78 is 6.87. The molecule has 5 heteroatoms. The first-order valence-corrected chi connectivity index (χ1v) is 6.63. The van der Waals surface area contributed by atoms with E-state index in [0.717, 1.165) is 30.0 Å². The molecular formula is C15H19N3O2. The van der Waals surface area contributed by atoms with Crippen LogP contribution < -0.4 is 10.1 Å². The van der Waals surface area contributed by atoms with Crippen LogP contribution in [0.3, 0.4) is 0 Å². The molecule has 1 amide bonds. The van der Waals surface area contributed by atoms with Gasteiger partial charge in [0.2, 0.25) is 0 Å². The average molecular weight is 273 g/mol. The molecule has 1 heterocycles. The quantitative estimate of drug-likeness (QED) is 0.911. The first kappa shape index (κ1) is 14.1. The average Bonchev–Trinajstić information content (AvgIpc) is 2.89. The standard InChI is InChI=1S/C15H19N3O2/c1-4-9-18-14(7-8-16-18)15(19)17-13-6-5-12(20-3)10-11(13)2/h5-8,10H,4,9H2,1-3H3,(H,17,19). The molecule has 0 unspecified atom stereocenters. The second-order valence-electron chi connectivity index (χ2n) is 4.57. The molecular weight excluding hydrogens is 254 g/mol. The van der Waals surface area contributed by atoms with E-state index in [1.807, 2.05) is 25.1 Å². The first-order chi connectivity index (χ1) is 9.65. The summed E-state index contributed by atoms with van der Waals surface area (Å²) in [6.45, 7) is 4.72. The molecule has 2 aromatic rings. The van der Waals surface area contributed by atoms with Gasteiger partial charge in [-0.1, -0.05) is 6.92 Å². The number of aromatic nitrogens is 2. The Kier molecular flexibility index (Phi) is 4.40. The lowest BCUT2D eigenvalue weighted by molar-refractivity contribution is 0.101. The predicted octanol–water partition coefficient (Wildman–Crippen LogP) is 2.86. The summed E-state index contributed by atoms with van der Waals surface area (Å²) in [5.74, 6) is 0.626. The summed E-state index contributed by atoms with van der Waals surface area (Å²) in [6.07, 6.45) is 2.58. The number of carbonyl (C=O) groups excluding carboxylic acids is 1. The van der Waals surface area contributed by atoms with Gasteiger partial charge in [-0.25, -0.2) is 0 Å². The minimum atomic E-state index is -0.149. The fraction of sp³-hybridized carbons (Fsp3) is 0.333. The van der Waals surface area contributed by atoms with Gasteiger partial charge in [0.05, 0.1) is 7.11 Å². The van der Waals surface area contributed by atoms with Gasteiger partial charge in [0.1, 0.15) is 11.4 Å². The van der Waals surface area contributed by atoms with E-state index in [2.05, 4.69) is 17.3 Å². The monoisotopic (exact) mass is 273 g/mol. The molecule has 0 bridgehead atoms. The Morgan fingerprint density at radius 1 is 1.40 bits per heavy atom. The Labute approximate surface area is 118 Å². The van der Waals surface area contributed by atoms with Crippen molar-refractivity contribution in [1.29, 1.82) is 0 Å². The number of nitrogens with zero attached hydrogens (tertiary/aromatic N) is 2. The van der Waals surface area contributed by atoms with Crippen molar-refractivity contribution in [1.82, 2.24) is 9.78 Å². The van der Waals surface area contributed by atoms with Crippen LogP contribution in [-0.4, -0.2) is 22.8 Å². The largest absolute Gasteiger partial charge is 0.497 e. The number of anilines is 1. The Bertz CT molecular complexity index is 605. The van der Waals surface area contributed by atoms with Crippen LogP contribution in [0.15, 0.2) is 30.5 Å². The Hall–Kier alpha value is -2.30. The maximum atomic E-state index is 12.3. The van der Waals surface area contributed by atoms with E-state index in [4.69, 9.17) is 4.74 Å². The maximum Gasteiger partial charge on any atom is 0.273 e. The van der Waals surface area contributed by atoms with Crippen molar-refractivity contribution in [2.75, 3.05) is 12.4 Å². The lowest BCUT2D eigenvalue weighted by Crippen LogP contribution is -2.18. The molecule has 2 rings (SSSR count). The zero-order valence-electron chi connectivity index (χ0n) is 12.0. The summed E-state index contributed by atoms with van der Waals surface area (Å²) in [7, 11) is 1.62. The number of nitrogens with one attached hydrogen (secondary N) is 1. The van der Waals surface area contributed by atoms with Crippen molar-refractivity contribution in [3.63, 3.8) is 0 Å². The molecule has 0 atom stereocenters. The molecule has 0 spiro atoms. The Morgan fingerprint density at radius 3 is 2.85 bits per heavy atom. The molecule has 0 aliphatic heterocycles. The summed E-state index contributed by atoms with van der Waals surface area (Å²) in [4.78, 5) is 12.3. The van der Waals surface area contributed by atoms with Crippen LogP contribution in [0.4, 0.5) is 5.69 Å². The molecule has 20 heavy (non-hydrogen) atoms. The lowest BCUT2D eigenvalue weighted by atomic mass is 10.2. The van der Waals surface area contributed by atoms with Gasteiger partial charge in [-0.3, -0.25) is 9.48 Å². The molecule has 0 aliphatic rings. The number of hydrogen-bond acceptors (Lipinski definition) is 3. The molecule has 1 aromatic heterocycles. The van der Waals surface area contributed by atoms with Gasteiger partial charge >= 0.3 is 0 Å². The summed E-state index contributed by atoms with van der Waals surface area (Å²) in [6, 6.07) is 7.28. The van der Waals surface area contributed by atoms with Gasteiger partial charge in [-0.15, -0.1) is 0 Å². The van der Waals surface area contributed by atoms with E-state index in [1.54, 1.807) is 24.1 Å². The van der Waals surface area contributed by atoms with Gasteiger partial charge in [0.25, 0.3) is 5.91 Å². The van der Waals surface area contributed by atoms with Crippen LogP contribution in [0, 0.1) is 6.92 Å². The summed E-state index contributed by atoms with van der Waals surface area (Å²) in [5, 5.41) is 7.06. The van der Waals surface area contributed by atoms with E-state index in [1.165, 1.54) is 0 Å². The van der Waals surface area contributed by atoms with Crippen LogP contribution >= 0.6 is 0 Å². The molecule has 0 aliphatic carbocycles. The summed E-state index contributed by atoms with van der Waals surface area (Å²) >= 11 is 0. The molecule has 1 N–H and O–H groups in total. The zero-order valence-corrected chi connectivity index (χ0v) is 12.0. The van der Waals surface area contributed by atoms with Crippen molar-refractivity contribution >= 4 is 11.6 Å². The van der Waals surface area contributed by atoms with Gasteiger partial charge < -0.3 is 10.1 Å². The van der Waals surface area contributed by atoms with E-state index in [0.29, 0.717) is 5.69 Å². The van der Waals surface area contributed by atoms with Crippen molar-refractivity contribution in [2.45, 2.75) is 26.8 Å². The second kappa shape index (κ2) is 6.23. The van der Waals surface area contributed by atoms with Gasteiger partial charge in [0, 0.05) is 18.4 Å². The number of ether oxygens (including phenoxy) is 1. The molecule has 1 aromatic carbocycles. The number of carbonyl (C=O) groups is 1. The van der Waals surface area contributed by atoms with E-state index in [-0.39, 0.29) is 5.91 Å². The van der Waals surface area contributed by atoms with Gasteiger partial charge in [-0.05, 0) is 43.2 Å². The van der Waals surface area contributed by atoms with Crippen molar-refractivity contribution in [3.8, 4) is 5.75 Å². The van der Waals surface area contributed by atoms with Crippen LogP contribution in [0.5, 0.6) is 5.75 Å². The number of methoxy groups -OCH3 is 1. The molecule has 0 saturated heterocycles. The Balaban J connectivity index is 2.17. The fourth-order valence-electron chi connectivity index (χ4n) is 2.01. The number of rotatable bonds is 5. The number of amides is 1. The van der Waals surface area contributed by atoms with Crippen LogP contribution in [0.1, 0.15) is 29.4 Å². The third kappa shape index (κ3) is 2.99. The molecule has 5 nitrogen and oxygen atoms in total. The highest BCUT2D eigenvalue weighted by Gasteiger charge is 2.12. The SMILES string of the molecule is CCCn1nccc1C(=O)Nc1ccc(OC)cc1C. The zero-order chi connectivity index (χ0) is 14.5. The minimum Gasteiger partial charge on any atom is -0.497 e. The lowest BCUT2D eigenvalue weighted by Gasteiger charge is -2.11. The Morgan fingerprint density at radius 2 is 2.20 bits per heavy atom. The van der Waals surface area contributed by atoms with Crippen molar-refractivity contribution in [3.05, 3.63) is 41.7 Å². The van der Waals surface area contributed by atoms with Crippen molar-refractivity contribution in [2.24, 2.45) is 0 Å². The molecule has 0 radical (unpaired) electrons. The highest BCUT2D eigenvalue weighted by Crippen LogP contribution is 2.21. The van der Waals surface area contributed by atoms with E-state index >= 15 is 0 Å². The molecule has 0 fully saturated rings. The number of aryl methyl sites for hydroxylation is 2. The van der Waals surface area contributed by atoms with Gasteiger partial charge in [0.15, 0.2) is 0 Å². The fourth-order valence-corrected chi connectivity index (χ4v) is 2.01. The van der Waals surface area contributed by atoms with Crippen LogP contribution in [0.2, 0.25) is 0 Å². The van der Waals surface area contributed by atoms with Crippen LogP contribution in [-0.2, 0) is 6.54 Å². The minimum absolute atomic E-state index is 0.149. The third-order valence-electron chi connectivity index (χ3n) is 3.07. The number of benzene rings is 1. The highest BCUT2D eigenvalue weighted by molar-refractivity contribution is 6.03. The number of hydrogen-bond donors (Lipinski definition) is 1. The van der Waals surface area contributed by atoms with Crippen molar-refractivity contribution < 1.29 is 9.53 Å². The third-order valence-corrected chi connectivity index (χ3v) is 3.07. The predicted molar refractivity (Wildman–Crippen MR) is 78.2 cm³/mol. The van der Waals surface area contributed by atoms with E-state index < -0.39 is 0 Å². The smallest absolute Gasteiger partial charge is 0.273 e.